The van der Waals surface area contributed by atoms with Crippen molar-refractivity contribution in [3.05, 3.63) is 25.6 Å². The Morgan fingerprint density at radius 3 is 2.32 bits per heavy atom. The maximum absolute atomic E-state index is 12.2. The molecule has 7 heteroatoms. The number of carbonyl (C=O) groups is 1. The standard InChI is InChI=1S/C12H13Br3N2OS/c1-2-3-7(11(16)19)12(18)17-10-8(14)4-6(13)5-9(10)15/h4-5,7H,2-3H2,1H3,(H2,16,19)(H,17,18). The van der Waals surface area contributed by atoms with Gasteiger partial charge in [-0.15, -0.1) is 0 Å². The minimum absolute atomic E-state index is 0.182. The lowest BCUT2D eigenvalue weighted by Crippen LogP contribution is -2.33. The van der Waals surface area contributed by atoms with Crippen LogP contribution < -0.4 is 11.1 Å². The Balaban J connectivity index is 2.96. The molecule has 1 rings (SSSR count). The number of rotatable bonds is 5. The number of carbonyl (C=O) groups excluding carboxylic acids is 1. The quantitative estimate of drug-likeness (QED) is 0.615. The summed E-state index contributed by atoms with van der Waals surface area (Å²) in [7, 11) is 0. The normalized spacial score (nSPS) is 12.0. The number of hydrogen-bond donors (Lipinski definition) is 2. The lowest BCUT2D eigenvalue weighted by Gasteiger charge is -2.16. The molecule has 1 aromatic rings. The molecule has 1 amide bonds. The van der Waals surface area contributed by atoms with Gasteiger partial charge in [-0.1, -0.05) is 41.5 Å². The maximum atomic E-state index is 12.2. The van der Waals surface area contributed by atoms with Gasteiger partial charge in [-0.3, -0.25) is 4.79 Å². The van der Waals surface area contributed by atoms with Crippen molar-refractivity contribution in [2.24, 2.45) is 11.7 Å². The average Bonchev–Trinajstić information content (AvgIpc) is 2.29. The Bertz CT molecular complexity index is 485. The van der Waals surface area contributed by atoms with Gasteiger partial charge in [0.2, 0.25) is 5.91 Å². The van der Waals surface area contributed by atoms with Crippen molar-refractivity contribution < 1.29 is 4.79 Å². The summed E-state index contributed by atoms with van der Waals surface area (Å²) in [6.07, 6.45) is 1.49. The highest BCUT2D eigenvalue weighted by atomic mass is 79.9. The molecule has 3 nitrogen and oxygen atoms in total. The highest BCUT2D eigenvalue weighted by molar-refractivity contribution is 9.11. The first-order valence-corrected chi connectivity index (χ1v) is 8.40. The summed E-state index contributed by atoms with van der Waals surface area (Å²) < 4.78 is 2.46. The summed E-state index contributed by atoms with van der Waals surface area (Å²) in [5.41, 5.74) is 6.29. The van der Waals surface area contributed by atoms with E-state index in [9.17, 15) is 4.79 Å². The van der Waals surface area contributed by atoms with E-state index in [1.165, 1.54) is 0 Å². The van der Waals surface area contributed by atoms with E-state index in [2.05, 4.69) is 53.1 Å². The van der Waals surface area contributed by atoms with E-state index in [-0.39, 0.29) is 10.9 Å². The number of nitrogens with one attached hydrogen (secondary N) is 1. The SMILES string of the molecule is CCCC(C(=O)Nc1c(Br)cc(Br)cc1Br)C(N)=S. The fourth-order valence-corrected chi connectivity index (χ4v) is 4.24. The maximum Gasteiger partial charge on any atom is 0.234 e. The number of halogens is 3. The molecule has 0 aliphatic carbocycles. The highest BCUT2D eigenvalue weighted by Crippen LogP contribution is 2.34. The largest absolute Gasteiger partial charge is 0.393 e. The summed E-state index contributed by atoms with van der Waals surface area (Å²) in [6, 6.07) is 3.71. The number of thiocarbonyl (C=S) groups is 1. The smallest absolute Gasteiger partial charge is 0.234 e. The van der Waals surface area contributed by atoms with Crippen molar-refractivity contribution in [1.82, 2.24) is 0 Å². The molecular formula is C12H13Br3N2OS. The molecule has 0 heterocycles. The van der Waals surface area contributed by atoms with E-state index in [4.69, 9.17) is 18.0 Å². The van der Waals surface area contributed by atoms with Gasteiger partial charge in [0.15, 0.2) is 0 Å². The minimum Gasteiger partial charge on any atom is -0.393 e. The number of amides is 1. The first-order valence-electron chi connectivity index (χ1n) is 5.61. The molecule has 0 radical (unpaired) electrons. The van der Waals surface area contributed by atoms with E-state index >= 15 is 0 Å². The number of nitrogens with two attached hydrogens (primary N) is 1. The molecule has 19 heavy (non-hydrogen) atoms. The summed E-state index contributed by atoms with van der Waals surface area (Å²) in [5.74, 6) is -0.625. The number of benzene rings is 1. The first-order chi connectivity index (χ1) is 8.86. The summed E-state index contributed by atoms with van der Waals surface area (Å²) in [5, 5.41) is 2.85. The Kier molecular flexibility index (Phi) is 6.93. The van der Waals surface area contributed by atoms with Crippen LogP contribution in [0.15, 0.2) is 25.6 Å². The van der Waals surface area contributed by atoms with Gasteiger partial charge >= 0.3 is 0 Å². The van der Waals surface area contributed by atoms with Crippen molar-refractivity contribution in [2.45, 2.75) is 19.8 Å². The lowest BCUT2D eigenvalue weighted by atomic mass is 10.0. The summed E-state index contributed by atoms with van der Waals surface area (Å²) >= 11 is 15.1. The van der Waals surface area contributed by atoms with Gasteiger partial charge < -0.3 is 11.1 Å². The van der Waals surface area contributed by atoms with E-state index in [0.717, 1.165) is 19.8 Å². The van der Waals surface area contributed by atoms with E-state index in [1.807, 2.05) is 19.1 Å². The van der Waals surface area contributed by atoms with Crippen molar-refractivity contribution in [2.75, 3.05) is 5.32 Å². The summed E-state index contributed by atoms with van der Waals surface area (Å²) in [4.78, 5) is 12.4. The van der Waals surface area contributed by atoms with Crippen molar-refractivity contribution >= 4 is 76.6 Å². The van der Waals surface area contributed by atoms with Gasteiger partial charge in [0, 0.05) is 13.4 Å². The van der Waals surface area contributed by atoms with Gasteiger partial charge in [0.25, 0.3) is 0 Å². The van der Waals surface area contributed by atoms with Crippen LogP contribution in [0.5, 0.6) is 0 Å². The lowest BCUT2D eigenvalue weighted by molar-refractivity contribution is -0.118. The molecule has 0 saturated heterocycles. The third kappa shape index (κ3) is 4.81. The zero-order valence-electron chi connectivity index (χ0n) is 10.2. The van der Waals surface area contributed by atoms with Gasteiger partial charge in [-0.05, 0) is 50.4 Å². The van der Waals surface area contributed by atoms with Crippen molar-refractivity contribution in [1.29, 1.82) is 0 Å². The Morgan fingerprint density at radius 2 is 1.89 bits per heavy atom. The highest BCUT2D eigenvalue weighted by Gasteiger charge is 2.22. The second-order valence-electron chi connectivity index (χ2n) is 3.98. The molecule has 3 N–H and O–H groups in total. The van der Waals surface area contributed by atoms with Gasteiger partial charge in [-0.25, -0.2) is 0 Å². The number of anilines is 1. The fraction of sp³-hybridized carbons (Fsp3) is 0.333. The molecule has 1 unspecified atom stereocenters. The molecule has 1 aromatic carbocycles. The van der Waals surface area contributed by atoms with Gasteiger partial charge in [0.1, 0.15) is 0 Å². The van der Waals surface area contributed by atoms with Gasteiger partial charge in [0.05, 0.1) is 16.6 Å². The topological polar surface area (TPSA) is 55.1 Å². The van der Waals surface area contributed by atoms with Crippen LogP contribution in [-0.2, 0) is 4.79 Å². The van der Waals surface area contributed by atoms with Crippen LogP contribution in [-0.4, -0.2) is 10.9 Å². The van der Waals surface area contributed by atoms with E-state index in [0.29, 0.717) is 12.1 Å². The molecule has 0 spiro atoms. The minimum atomic E-state index is -0.442. The molecule has 0 bridgehead atoms. The molecule has 0 aliphatic heterocycles. The van der Waals surface area contributed by atoms with Crippen LogP contribution in [0.2, 0.25) is 0 Å². The molecule has 0 fully saturated rings. The van der Waals surface area contributed by atoms with Crippen LogP contribution >= 0.6 is 60.0 Å². The predicted molar refractivity (Wildman–Crippen MR) is 93.4 cm³/mol. The Hall–Kier alpha value is 0.0200. The second-order valence-corrected chi connectivity index (χ2v) is 7.07. The monoisotopic (exact) mass is 470 g/mol. The van der Waals surface area contributed by atoms with E-state index < -0.39 is 5.92 Å². The summed E-state index contributed by atoms with van der Waals surface area (Å²) in [6.45, 7) is 1.99. The second kappa shape index (κ2) is 7.71. The van der Waals surface area contributed by atoms with E-state index in [1.54, 1.807) is 0 Å². The van der Waals surface area contributed by atoms with Crippen LogP contribution in [0.3, 0.4) is 0 Å². The number of hydrogen-bond acceptors (Lipinski definition) is 2. The Labute approximate surface area is 143 Å². The molecular weight excluding hydrogens is 460 g/mol. The van der Waals surface area contributed by atoms with Crippen molar-refractivity contribution in [3.63, 3.8) is 0 Å². The van der Waals surface area contributed by atoms with Gasteiger partial charge in [-0.2, -0.15) is 0 Å². The van der Waals surface area contributed by atoms with Crippen LogP contribution in [0.4, 0.5) is 5.69 Å². The average molecular weight is 473 g/mol. The fourth-order valence-electron chi connectivity index (χ4n) is 1.56. The Morgan fingerprint density at radius 1 is 1.37 bits per heavy atom. The molecule has 1 atom stereocenters. The third-order valence-electron chi connectivity index (χ3n) is 2.49. The van der Waals surface area contributed by atoms with Crippen molar-refractivity contribution in [3.8, 4) is 0 Å². The third-order valence-corrected chi connectivity index (χ3v) is 4.49. The van der Waals surface area contributed by atoms with Crippen LogP contribution in [0.25, 0.3) is 0 Å². The molecule has 0 saturated carbocycles. The molecule has 104 valence electrons. The molecule has 0 aliphatic rings. The van der Waals surface area contributed by atoms with Crippen LogP contribution in [0, 0.1) is 5.92 Å². The zero-order valence-corrected chi connectivity index (χ0v) is 15.7. The zero-order chi connectivity index (χ0) is 14.6. The first kappa shape index (κ1) is 17.1. The predicted octanol–water partition coefficient (Wildman–Crippen LogP) is 4.62. The van der Waals surface area contributed by atoms with Crippen LogP contribution in [0.1, 0.15) is 19.8 Å². The molecule has 0 aromatic heterocycles.